The number of ether oxygens (including phenoxy) is 6. The van der Waals surface area contributed by atoms with E-state index in [2.05, 4.69) is 20.4 Å². The van der Waals surface area contributed by atoms with E-state index in [-0.39, 0.29) is 18.3 Å². The van der Waals surface area contributed by atoms with Gasteiger partial charge in [-0.1, -0.05) is 32.1 Å². The molecule has 1 aromatic rings. The number of hydrogen-bond donors (Lipinski definition) is 0. The van der Waals surface area contributed by atoms with Gasteiger partial charge in [-0.25, -0.2) is 14.5 Å². The molecule has 2 amide bonds. The zero-order valence-electron chi connectivity index (χ0n) is 29.2. The van der Waals surface area contributed by atoms with Gasteiger partial charge in [0.05, 0.1) is 25.7 Å². The van der Waals surface area contributed by atoms with Crippen molar-refractivity contribution in [3.63, 3.8) is 0 Å². The molecule has 10 nitrogen and oxygen atoms in total. The molecule has 1 aliphatic heterocycles. The summed E-state index contributed by atoms with van der Waals surface area (Å²) in [5.74, 6) is 0.251. The van der Waals surface area contributed by atoms with Crippen LogP contribution in [0.15, 0.2) is 30.4 Å². The van der Waals surface area contributed by atoms with Crippen LogP contribution in [0.2, 0.25) is 0 Å². The van der Waals surface area contributed by atoms with Crippen molar-refractivity contribution in [2.75, 3.05) is 27.4 Å². The van der Waals surface area contributed by atoms with E-state index in [9.17, 15) is 14.4 Å². The molecular formula is C35H55NO9. The molecule has 0 bridgehead atoms. The summed E-state index contributed by atoms with van der Waals surface area (Å²) < 4.78 is 33.8. The van der Waals surface area contributed by atoms with E-state index in [0.717, 1.165) is 16.9 Å². The molecule has 45 heavy (non-hydrogen) atoms. The maximum Gasteiger partial charge on any atom is 0.509 e. The Labute approximate surface area is 269 Å². The third-order valence-electron chi connectivity index (χ3n) is 7.55. The normalized spacial score (nSPS) is 19.6. The number of benzene rings is 1. The van der Waals surface area contributed by atoms with Gasteiger partial charge in [-0.15, -0.1) is 0 Å². The van der Waals surface area contributed by atoms with Gasteiger partial charge in [0.2, 0.25) is 5.91 Å². The van der Waals surface area contributed by atoms with Gasteiger partial charge in [0.15, 0.2) is 11.5 Å². The van der Waals surface area contributed by atoms with E-state index in [4.69, 9.17) is 28.4 Å². The number of piperidine rings is 1. The van der Waals surface area contributed by atoms with Gasteiger partial charge in [-0.2, -0.15) is 0 Å². The van der Waals surface area contributed by atoms with E-state index in [1.165, 1.54) is 0 Å². The first-order chi connectivity index (χ1) is 20.9. The standard InChI is InChI=1S/C35H55NO9/c1-22(2)25(18-24-14-15-28(41-12)30(19-24)42-17-13-16-40-11)20-27-29(43-33(39)45-35(8,9)10)21-26(23(3)4)31(37)36(27)32(38)44-34(5,6)7/h14-15,19,22,25-27,29H,3,13,16-18,20-21H2,1-2,4-12H3. The van der Waals surface area contributed by atoms with Crippen molar-refractivity contribution in [3.8, 4) is 11.5 Å². The molecule has 0 radical (unpaired) electrons. The Morgan fingerprint density at radius 1 is 1.00 bits per heavy atom. The Balaban J connectivity index is 2.50. The summed E-state index contributed by atoms with van der Waals surface area (Å²) in [5, 5.41) is 0. The molecule has 0 aliphatic carbocycles. The van der Waals surface area contributed by atoms with Crippen molar-refractivity contribution in [2.24, 2.45) is 17.8 Å². The van der Waals surface area contributed by atoms with Gasteiger partial charge in [0, 0.05) is 26.6 Å². The van der Waals surface area contributed by atoms with Crippen LogP contribution < -0.4 is 9.47 Å². The fraction of sp³-hybridized carbons (Fsp3) is 0.686. The lowest BCUT2D eigenvalue weighted by molar-refractivity contribution is -0.148. The van der Waals surface area contributed by atoms with Crippen molar-refractivity contribution < 1.29 is 42.8 Å². The highest BCUT2D eigenvalue weighted by molar-refractivity contribution is 5.96. The van der Waals surface area contributed by atoms with Crippen LogP contribution in [0.4, 0.5) is 9.59 Å². The highest BCUT2D eigenvalue weighted by atomic mass is 16.7. The Hall–Kier alpha value is -3.27. The molecule has 10 heteroatoms. The molecule has 1 aliphatic rings. The molecule has 0 aromatic heterocycles. The fourth-order valence-electron chi connectivity index (χ4n) is 5.27. The van der Waals surface area contributed by atoms with Gasteiger partial charge in [-0.05, 0) is 90.8 Å². The number of hydrogen-bond acceptors (Lipinski definition) is 9. The predicted molar refractivity (Wildman–Crippen MR) is 173 cm³/mol. The second-order valence-electron chi connectivity index (χ2n) is 14.1. The molecule has 2 rings (SSSR count). The zero-order valence-corrected chi connectivity index (χ0v) is 29.2. The zero-order chi connectivity index (χ0) is 34.1. The summed E-state index contributed by atoms with van der Waals surface area (Å²) in [5.41, 5.74) is -0.0544. The topological polar surface area (TPSA) is 110 Å². The van der Waals surface area contributed by atoms with Crippen LogP contribution in [-0.2, 0) is 30.2 Å². The van der Waals surface area contributed by atoms with Crippen LogP contribution in [0.5, 0.6) is 11.5 Å². The summed E-state index contributed by atoms with van der Waals surface area (Å²) in [6, 6.07) is 5.04. The Morgan fingerprint density at radius 3 is 2.18 bits per heavy atom. The number of amides is 2. The van der Waals surface area contributed by atoms with Crippen molar-refractivity contribution >= 4 is 18.2 Å². The SMILES string of the molecule is C=C(C)C1CC(OC(=O)OC(C)(C)C)C(CC(Cc2ccc(OC)c(OCCCOC)c2)C(C)C)N(C(=O)OC(C)(C)C)C1=O. The highest BCUT2D eigenvalue weighted by Crippen LogP contribution is 2.37. The first-order valence-electron chi connectivity index (χ1n) is 15.8. The Kier molecular flexibility index (Phi) is 13.8. The smallest absolute Gasteiger partial charge is 0.493 e. The number of carbonyl (C=O) groups excluding carboxylic acids is 3. The Bertz CT molecular complexity index is 1160. The maximum atomic E-state index is 13.9. The first kappa shape index (κ1) is 37.9. The maximum absolute atomic E-state index is 13.9. The molecule has 1 saturated heterocycles. The lowest BCUT2D eigenvalue weighted by Crippen LogP contribution is -2.60. The highest BCUT2D eigenvalue weighted by Gasteiger charge is 2.49. The second-order valence-corrected chi connectivity index (χ2v) is 14.1. The molecule has 1 fully saturated rings. The first-order valence-corrected chi connectivity index (χ1v) is 15.8. The van der Waals surface area contributed by atoms with Gasteiger partial charge >= 0.3 is 12.2 Å². The number of nitrogens with zero attached hydrogens (tertiary/aromatic N) is 1. The lowest BCUT2D eigenvalue weighted by Gasteiger charge is -2.44. The molecule has 1 heterocycles. The Morgan fingerprint density at radius 2 is 1.64 bits per heavy atom. The van der Waals surface area contributed by atoms with Crippen LogP contribution in [0, 0.1) is 17.8 Å². The van der Waals surface area contributed by atoms with Gasteiger partial charge < -0.3 is 28.4 Å². The molecular weight excluding hydrogens is 578 g/mol. The van der Waals surface area contributed by atoms with E-state index < -0.39 is 47.4 Å². The number of carbonyl (C=O) groups is 3. The molecule has 0 saturated carbocycles. The predicted octanol–water partition coefficient (Wildman–Crippen LogP) is 7.36. The van der Waals surface area contributed by atoms with E-state index in [1.54, 1.807) is 62.7 Å². The summed E-state index contributed by atoms with van der Waals surface area (Å²) in [6.07, 6.45) is -0.559. The molecule has 0 N–H and O–H groups in total. The average Bonchev–Trinajstić information content (AvgIpc) is 2.89. The molecule has 4 unspecified atom stereocenters. The van der Waals surface area contributed by atoms with Crippen LogP contribution in [-0.4, -0.2) is 73.8 Å². The number of likely N-dealkylation sites (tertiary alicyclic amines) is 1. The monoisotopic (exact) mass is 633 g/mol. The van der Waals surface area contributed by atoms with Crippen LogP contribution in [0.3, 0.4) is 0 Å². The summed E-state index contributed by atoms with van der Waals surface area (Å²) in [6.45, 7) is 21.5. The summed E-state index contributed by atoms with van der Waals surface area (Å²) in [4.78, 5) is 41.7. The number of methoxy groups -OCH3 is 2. The molecule has 1 aromatic carbocycles. The number of imide groups is 1. The molecule has 254 valence electrons. The average molecular weight is 634 g/mol. The second kappa shape index (κ2) is 16.3. The third kappa shape index (κ3) is 11.9. The largest absolute Gasteiger partial charge is 0.509 e. The summed E-state index contributed by atoms with van der Waals surface area (Å²) >= 11 is 0. The lowest BCUT2D eigenvalue weighted by atomic mass is 9.78. The van der Waals surface area contributed by atoms with E-state index in [0.29, 0.717) is 43.1 Å². The minimum absolute atomic E-state index is 0.0198. The van der Waals surface area contributed by atoms with E-state index >= 15 is 0 Å². The van der Waals surface area contributed by atoms with Crippen molar-refractivity contribution in [1.29, 1.82) is 0 Å². The minimum Gasteiger partial charge on any atom is -0.493 e. The van der Waals surface area contributed by atoms with Crippen molar-refractivity contribution in [2.45, 2.75) is 111 Å². The van der Waals surface area contributed by atoms with Crippen LogP contribution in [0.1, 0.15) is 87.1 Å². The third-order valence-corrected chi connectivity index (χ3v) is 7.55. The minimum atomic E-state index is -0.858. The van der Waals surface area contributed by atoms with Crippen LogP contribution >= 0.6 is 0 Å². The summed E-state index contributed by atoms with van der Waals surface area (Å²) in [7, 11) is 3.25. The molecule has 4 atom stereocenters. The fourth-order valence-corrected chi connectivity index (χ4v) is 5.27. The van der Waals surface area contributed by atoms with Crippen molar-refractivity contribution in [1.82, 2.24) is 4.90 Å². The van der Waals surface area contributed by atoms with Crippen molar-refractivity contribution in [3.05, 3.63) is 35.9 Å². The quantitative estimate of drug-likeness (QED) is 0.125. The van der Waals surface area contributed by atoms with E-state index in [1.807, 2.05) is 18.2 Å². The van der Waals surface area contributed by atoms with Gasteiger partial charge in [0.1, 0.15) is 17.3 Å². The number of rotatable bonds is 13. The van der Waals surface area contributed by atoms with Gasteiger partial charge in [0.25, 0.3) is 0 Å². The molecule has 0 spiro atoms. The van der Waals surface area contributed by atoms with Crippen LogP contribution in [0.25, 0.3) is 0 Å². The van der Waals surface area contributed by atoms with Gasteiger partial charge in [-0.3, -0.25) is 4.79 Å².